The Balaban J connectivity index is 2.08. The lowest BCUT2D eigenvalue weighted by Crippen LogP contribution is -2.35. The van der Waals surface area contributed by atoms with Crippen LogP contribution in [0.5, 0.6) is 0 Å². The topological polar surface area (TPSA) is 12.0 Å². The third kappa shape index (κ3) is 4.08. The van der Waals surface area contributed by atoms with Gasteiger partial charge in [-0.15, -0.1) is 11.3 Å². The summed E-state index contributed by atoms with van der Waals surface area (Å²) in [6.45, 7) is 10.3. The highest BCUT2D eigenvalue weighted by Crippen LogP contribution is 2.43. The molecule has 20 heavy (non-hydrogen) atoms. The number of aryl methyl sites for hydroxylation is 1. The first-order valence-corrected chi connectivity index (χ1v) is 9.27. The van der Waals surface area contributed by atoms with Gasteiger partial charge < -0.3 is 5.32 Å². The first-order chi connectivity index (χ1) is 9.61. The fourth-order valence-electron chi connectivity index (χ4n) is 3.78. The highest BCUT2D eigenvalue weighted by Gasteiger charge is 2.32. The Morgan fingerprint density at radius 1 is 1.35 bits per heavy atom. The van der Waals surface area contributed by atoms with Crippen LogP contribution >= 0.6 is 11.3 Å². The Hall–Kier alpha value is -0.340. The summed E-state index contributed by atoms with van der Waals surface area (Å²) >= 11 is 1.92. The summed E-state index contributed by atoms with van der Waals surface area (Å²) in [6.07, 6.45) is 7.02. The van der Waals surface area contributed by atoms with Gasteiger partial charge in [0.1, 0.15) is 0 Å². The average Bonchev–Trinajstić information content (AvgIpc) is 2.83. The van der Waals surface area contributed by atoms with Crippen molar-refractivity contribution in [1.29, 1.82) is 0 Å². The first kappa shape index (κ1) is 16.0. The number of thiophene rings is 1. The Morgan fingerprint density at radius 2 is 2.15 bits per heavy atom. The summed E-state index contributed by atoms with van der Waals surface area (Å²) in [5.74, 6) is 2.58. The molecule has 2 heteroatoms. The highest BCUT2D eigenvalue weighted by atomic mass is 32.1. The van der Waals surface area contributed by atoms with Crippen LogP contribution in [0.4, 0.5) is 0 Å². The van der Waals surface area contributed by atoms with Crippen molar-refractivity contribution in [2.75, 3.05) is 6.54 Å². The van der Waals surface area contributed by atoms with E-state index in [0.717, 1.165) is 17.8 Å². The Bertz CT molecular complexity index is 396. The largest absolute Gasteiger partial charge is 0.314 e. The van der Waals surface area contributed by atoms with Gasteiger partial charge in [0.05, 0.1) is 0 Å². The molecular weight excluding hydrogens is 262 g/mol. The second kappa shape index (κ2) is 7.61. The maximum atomic E-state index is 3.68. The van der Waals surface area contributed by atoms with E-state index in [1.165, 1.54) is 38.6 Å². The van der Waals surface area contributed by atoms with Crippen molar-refractivity contribution in [3.63, 3.8) is 0 Å². The number of hydrogen-bond donors (Lipinski definition) is 1. The van der Waals surface area contributed by atoms with E-state index in [1.54, 1.807) is 10.4 Å². The summed E-state index contributed by atoms with van der Waals surface area (Å²) in [6, 6.07) is 2.99. The molecule has 1 nitrogen and oxygen atoms in total. The minimum absolute atomic E-state index is 0.604. The molecule has 0 spiro atoms. The van der Waals surface area contributed by atoms with Gasteiger partial charge in [-0.25, -0.2) is 0 Å². The molecule has 1 aliphatic carbocycles. The minimum Gasteiger partial charge on any atom is -0.314 e. The summed E-state index contributed by atoms with van der Waals surface area (Å²) in [5.41, 5.74) is 1.64. The van der Waals surface area contributed by atoms with E-state index < -0.39 is 0 Å². The molecule has 0 aliphatic heterocycles. The maximum Gasteiger partial charge on any atom is 0.00491 e. The number of hydrogen-bond acceptors (Lipinski definition) is 2. The van der Waals surface area contributed by atoms with Gasteiger partial charge in [-0.1, -0.05) is 40.0 Å². The quantitative estimate of drug-likeness (QED) is 0.745. The summed E-state index contributed by atoms with van der Waals surface area (Å²) in [4.78, 5) is 1.54. The van der Waals surface area contributed by atoms with E-state index in [0.29, 0.717) is 6.04 Å². The number of nitrogens with one attached hydrogen (secondary N) is 1. The van der Waals surface area contributed by atoms with Gasteiger partial charge in [-0.05, 0) is 61.1 Å². The molecule has 0 radical (unpaired) electrons. The zero-order valence-electron chi connectivity index (χ0n) is 13.6. The monoisotopic (exact) mass is 293 g/mol. The predicted molar refractivity (Wildman–Crippen MR) is 90.7 cm³/mol. The predicted octanol–water partition coefficient (Wildman–Crippen LogP) is 5.35. The molecule has 0 bridgehead atoms. The Morgan fingerprint density at radius 3 is 2.75 bits per heavy atom. The molecule has 1 N–H and O–H groups in total. The van der Waals surface area contributed by atoms with E-state index in [2.05, 4.69) is 44.5 Å². The smallest absolute Gasteiger partial charge is 0.00491 e. The SMILES string of the molecule is CCCC1CCC(CNC(C)C)C(c2ccsc2C)C1. The molecule has 0 amide bonds. The Labute approximate surface area is 129 Å². The van der Waals surface area contributed by atoms with Crippen molar-refractivity contribution in [2.45, 2.75) is 71.8 Å². The van der Waals surface area contributed by atoms with E-state index in [4.69, 9.17) is 0 Å². The van der Waals surface area contributed by atoms with E-state index >= 15 is 0 Å². The second-order valence-electron chi connectivity index (χ2n) is 6.83. The van der Waals surface area contributed by atoms with Crippen LogP contribution in [0.2, 0.25) is 0 Å². The van der Waals surface area contributed by atoms with Crippen molar-refractivity contribution >= 4 is 11.3 Å². The van der Waals surface area contributed by atoms with Crippen LogP contribution in [0.3, 0.4) is 0 Å². The van der Waals surface area contributed by atoms with Gasteiger partial charge in [0.15, 0.2) is 0 Å². The van der Waals surface area contributed by atoms with Gasteiger partial charge in [0, 0.05) is 10.9 Å². The van der Waals surface area contributed by atoms with Crippen LogP contribution in [0, 0.1) is 18.8 Å². The molecule has 0 aromatic carbocycles. The zero-order chi connectivity index (χ0) is 14.5. The molecule has 1 fully saturated rings. The molecule has 3 unspecified atom stereocenters. The van der Waals surface area contributed by atoms with Crippen LogP contribution < -0.4 is 5.32 Å². The molecule has 1 saturated carbocycles. The van der Waals surface area contributed by atoms with E-state index in [-0.39, 0.29) is 0 Å². The molecule has 1 aromatic rings. The molecule has 1 aromatic heterocycles. The second-order valence-corrected chi connectivity index (χ2v) is 7.95. The third-order valence-corrected chi connectivity index (χ3v) is 5.75. The molecule has 1 heterocycles. The van der Waals surface area contributed by atoms with Crippen molar-refractivity contribution in [3.8, 4) is 0 Å². The average molecular weight is 294 g/mol. The molecule has 1 aliphatic rings. The third-order valence-electron chi connectivity index (χ3n) is 4.89. The lowest BCUT2D eigenvalue weighted by Gasteiger charge is -2.37. The van der Waals surface area contributed by atoms with Gasteiger partial charge in [-0.3, -0.25) is 0 Å². The molecular formula is C18H31NS. The van der Waals surface area contributed by atoms with Crippen LogP contribution in [-0.2, 0) is 0 Å². The molecule has 114 valence electrons. The molecule has 3 atom stereocenters. The van der Waals surface area contributed by atoms with E-state index in [9.17, 15) is 0 Å². The standard InChI is InChI=1S/C18H31NS/c1-5-6-15-7-8-16(12-19-13(2)3)18(11-15)17-9-10-20-14(17)4/h9-10,13,15-16,18-19H,5-8,11-12H2,1-4H3. The normalized spacial score (nSPS) is 27.1. The van der Waals surface area contributed by atoms with Crippen molar-refractivity contribution < 1.29 is 0 Å². The summed E-state index contributed by atoms with van der Waals surface area (Å²) in [7, 11) is 0. The van der Waals surface area contributed by atoms with Crippen LogP contribution in [-0.4, -0.2) is 12.6 Å². The fraction of sp³-hybridized carbons (Fsp3) is 0.778. The van der Waals surface area contributed by atoms with Gasteiger partial charge in [-0.2, -0.15) is 0 Å². The summed E-state index contributed by atoms with van der Waals surface area (Å²) in [5, 5.41) is 5.96. The number of rotatable bonds is 6. The van der Waals surface area contributed by atoms with Gasteiger partial charge in [0.2, 0.25) is 0 Å². The van der Waals surface area contributed by atoms with Crippen molar-refractivity contribution in [3.05, 3.63) is 21.9 Å². The lowest BCUT2D eigenvalue weighted by atomic mass is 9.70. The molecule has 2 rings (SSSR count). The highest BCUT2D eigenvalue weighted by molar-refractivity contribution is 7.10. The minimum atomic E-state index is 0.604. The van der Waals surface area contributed by atoms with Gasteiger partial charge >= 0.3 is 0 Å². The summed E-state index contributed by atoms with van der Waals surface area (Å²) < 4.78 is 0. The van der Waals surface area contributed by atoms with Crippen LogP contribution in [0.15, 0.2) is 11.4 Å². The van der Waals surface area contributed by atoms with E-state index in [1.807, 2.05) is 11.3 Å². The van der Waals surface area contributed by atoms with Crippen molar-refractivity contribution in [1.82, 2.24) is 5.32 Å². The van der Waals surface area contributed by atoms with Gasteiger partial charge in [0.25, 0.3) is 0 Å². The van der Waals surface area contributed by atoms with Crippen LogP contribution in [0.1, 0.15) is 69.2 Å². The zero-order valence-corrected chi connectivity index (χ0v) is 14.4. The first-order valence-electron chi connectivity index (χ1n) is 8.39. The van der Waals surface area contributed by atoms with Crippen molar-refractivity contribution in [2.24, 2.45) is 11.8 Å². The Kier molecular flexibility index (Phi) is 6.10. The molecule has 0 saturated heterocycles. The lowest BCUT2D eigenvalue weighted by molar-refractivity contribution is 0.217. The maximum absolute atomic E-state index is 3.68. The fourth-order valence-corrected chi connectivity index (χ4v) is 4.56. The van der Waals surface area contributed by atoms with Crippen LogP contribution in [0.25, 0.3) is 0 Å².